The van der Waals surface area contributed by atoms with Gasteiger partial charge in [0.05, 0.1) is 23.1 Å². The van der Waals surface area contributed by atoms with Crippen LogP contribution >= 0.6 is 0 Å². The largest absolute Gasteiger partial charge is 0.466 e. The number of hydrogen-bond donors (Lipinski definition) is 1. The van der Waals surface area contributed by atoms with Crippen LogP contribution in [-0.2, 0) is 19.6 Å². The van der Waals surface area contributed by atoms with Gasteiger partial charge in [-0.15, -0.1) is 0 Å². The molecule has 1 unspecified atom stereocenters. The van der Waals surface area contributed by atoms with Crippen LogP contribution in [0.15, 0.2) is 58.5 Å². The third kappa shape index (κ3) is 3.62. The Balaban J connectivity index is 1.87. The zero-order chi connectivity index (χ0) is 18.7. The van der Waals surface area contributed by atoms with E-state index in [9.17, 15) is 13.2 Å². The second kappa shape index (κ2) is 7.29. The Kier molecular flexibility index (Phi) is 5.08. The van der Waals surface area contributed by atoms with Gasteiger partial charge in [-0.25, -0.2) is 0 Å². The lowest BCUT2D eigenvalue weighted by Crippen LogP contribution is -2.20. The summed E-state index contributed by atoms with van der Waals surface area (Å²) in [5, 5.41) is 4.10. The highest BCUT2D eigenvalue weighted by Crippen LogP contribution is 2.34. The van der Waals surface area contributed by atoms with E-state index in [4.69, 9.17) is 4.74 Å². The number of rotatable bonds is 5. The van der Waals surface area contributed by atoms with Gasteiger partial charge in [0.25, 0.3) is 10.0 Å². The fourth-order valence-corrected chi connectivity index (χ4v) is 3.75. The van der Waals surface area contributed by atoms with Crippen LogP contribution in [0.25, 0.3) is 0 Å². The van der Waals surface area contributed by atoms with Gasteiger partial charge in [0.1, 0.15) is 0 Å². The molecule has 1 N–H and O–H groups in total. The number of ether oxygens (including phenoxy) is 1. The van der Waals surface area contributed by atoms with E-state index in [1.165, 1.54) is 12.1 Å². The molecule has 6 nitrogen and oxygen atoms in total. The minimum absolute atomic E-state index is 0.140. The number of esters is 1. The highest BCUT2D eigenvalue weighted by atomic mass is 32.2. The summed E-state index contributed by atoms with van der Waals surface area (Å²) in [4.78, 5) is 14.6. The van der Waals surface area contributed by atoms with Crippen molar-refractivity contribution in [3.05, 3.63) is 65.2 Å². The summed E-state index contributed by atoms with van der Waals surface area (Å²) in [5.74, 6) is -0.791. The molecule has 1 aliphatic rings. The summed E-state index contributed by atoms with van der Waals surface area (Å²) >= 11 is 0. The zero-order valence-corrected chi connectivity index (χ0v) is 15.4. The number of nitrogens with one attached hydrogen (secondary N) is 1. The molecule has 0 amide bonds. The maximum absolute atomic E-state index is 12.4. The highest BCUT2D eigenvalue weighted by Gasteiger charge is 2.34. The molecule has 1 atom stereocenters. The van der Waals surface area contributed by atoms with Crippen molar-refractivity contribution in [2.75, 3.05) is 6.61 Å². The first-order valence-electron chi connectivity index (χ1n) is 8.33. The maximum Gasteiger partial charge on any atom is 0.313 e. The molecule has 0 saturated heterocycles. The van der Waals surface area contributed by atoms with Crippen molar-refractivity contribution >= 4 is 21.7 Å². The Morgan fingerprint density at radius 3 is 2.58 bits per heavy atom. The normalized spacial score (nSPS) is 17.8. The molecule has 136 valence electrons. The summed E-state index contributed by atoms with van der Waals surface area (Å²) in [5.41, 5.74) is 3.06. The summed E-state index contributed by atoms with van der Waals surface area (Å²) in [7, 11) is -3.77. The average molecular weight is 372 g/mol. The summed E-state index contributed by atoms with van der Waals surface area (Å²) in [6.45, 7) is 3.93. The van der Waals surface area contributed by atoms with Crippen LogP contribution in [0.4, 0.5) is 0 Å². The number of carbonyl (C=O) groups is 1. The van der Waals surface area contributed by atoms with Gasteiger partial charge in [-0.1, -0.05) is 42.0 Å². The van der Waals surface area contributed by atoms with Gasteiger partial charge in [-0.2, -0.15) is 18.4 Å². The van der Waals surface area contributed by atoms with Gasteiger partial charge in [-0.3, -0.25) is 4.79 Å². The number of carbonyl (C=O) groups excluding carboxylic acids is 1. The monoisotopic (exact) mass is 372 g/mol. The van der Waals surface area contributed by atoms with Crippen molar-refractivity contribution in [1.82, 2.24) is 4.83 Å². The molecule has 1 aliphatic carbocycles. The number of hydrogen-bond acceptors (Lipinski definition) is 5. The highest BCUT2D eigenvalue weighted by molar-refractivity contribution is 7.89. The van der Waals surface area contributed by atoms with Gasteiger partial charge < -0.3 is 4.74 Å². The van der Waals surface area contributed by atoms with E-state index < -0.39 is 15.9 Å². The van der Waals surface area contributed by atoms with Crippen LogP contribution in [0.3, 0.4) is 0 Å². The SMILES string of the molecule is CCOC(=O)C1C/C(=N/NS(=O)(=O)c2ccc(C)cc2)c2ccccc21. The molecule has 0 bridgehead atoms. The predicted molar refractivity (Wildman–Crippen MR) is 98.5 cm³/mol. The fraction of sp³-hybridized carbons (Fsp3) is 0.263. The summed E-state index contributed by atoms with van der Waals surface area (Å²) < 4.78 is 30.0. The standard InChI is InChI=1S/C19H20N2O4S/c1-3-25-19(22)17-12-18(16-7-5-4-6-15(16)17)20-21-26(23,24)14-10-8-13(2)9-11-14/h4-11,17,21H,3,12H2,1-2H3/b20-18-. The van der Waals surface area contributed by atoms with Crippen LogP contribution < -0.4 is 4.83 Å². The van der Waals surface area contributed by atoms with E-state index in [1.807, 2.05) is 31.2 Å². The third-order valence-corrected chi connectivity index (χ3v) is 5.47. The minimum Gasteiger partial charge on any atom is -0.466 e. The van der Waals surface area contributed by atoms with Gasteiger partial charge in [-0.05, 0) is 31.5 Å². The Labute approximate surface area is 152 Å². The summed E-state index contributed by atoms with van der Waals surface area (Å²) in [6.07, 6.45) is 0.300. The molecule has 26 heavy (non-hydrogen) atoms. The van der Waals surface area contributed by atoms with E-state index in [0.717, 1.165) is 16.7 Å². The van der Waals surface area contributed by atoms with E-state index in [-0.39, 0.29) is 10.9 Å². The smallest absolute Gasteiger partial charge is 0.313 e. The first kappa shape index (κ1) is 18.1. The van der Waals surface area contributed by atoms with Crippen molar-refractivity contribution in [1.29, 1.82) is 0 Å². The second-order valence-electron chi connectivity index (χ2n) is 6.06. The molecule has 0 fully saturated rings. The second-order valence-corrected chi connectivity index (χ2v) is 7.72. The Morgan fingerprint density at radius 1 is 1.19 bits per heavy atom. The lowest BCUT2D eigenvalue weighted by atomic mass is 10.0. The number of fused-ring (bicyclic) bond motifs is 1. The molecule has 2 aromatic rings. The molecule has 2 aromatic carbocycles. The molecular formula is C19H20N2O4S. The number of benzene rings is 2. The van der Waals surface area contributed by atoms with Gasteiger partial charge in [0, 0.05) is 12.0 Å². The molecular weight excluding hydrogens is 352 g/mol. The molecule has 0 aliphatic heterocycles. The third-order valence-electron chi connectivity index (χ3n) is 4.25. The van der Waals surface area contributed by atoms with Crippen LogP contribution in [0.1, 0.15) is 36.0 Å². The van der Waals surface area contributed by atoms with E-state index in [0.29, 0.717) is 18.7 Å². The minimum atomic E-state index is -3.77. The Morgan fingerprint density at radius 2 is 1.88 bits per heavy atom. The lowest BCUT2D eigenvalue weighted by Gasteiger charge is -2.09. The fourth-order valence-electron chi connectivity index (χ4n) is 2.92. The van der Waals surface area contributed by atoms with Crippen LogP contribution in [-0.4, -0.2) is 26.7 Å². The number of aryl methyl sites for hydroxylation is 1. The topological polar surface area (TPSA) is 84.8 Å². The van der Waals surface area contributed by atoms with Crippen molar-refractivity contribution in [2.45, 2.75) is 31.1 Å². The first-order chi connectivity index (χ1) is 12.4. The molecule has 0 spiro atoms. The van der Waals surface area contributed by atoms with Gasteiger partial charge in [0.2, 0.25) is 0 Å². The average Bonchev–Trinajstić information content (AvgIpc) is 3.00. The molecule has 7 heteroatoms. The van der Waals surface area contributed by atoms with Gasteiger partial charge in [0.15, 0.2) is 0 Å². The maximum atomic E-state index is 12.4. The number of hydrazone groups is 1. The van der Waals surface area contributed by atoms with Crippen molar-refractivity contribution in [2.24, 2.45) is 5.10 Å². The van der Waals surface area contributed by atoms with E-state index in [1.54, 1.807) is 19.1 Å². The zero-order valence-electron chi connectivity index (χ0n) is 14.6. The van der Waals surface area contributed by atoms with Crippen LogP contribution in [0.5, 0.6) is 0 Å². The summed E-state index contributed by atoms with van der Waals surface area (Å²) in [6, 6.07) is 13.8. The van der Waals surface area contributed by atoms with E-state index >= 15 is 0 Å². The predicted octanol–water partition coefficient (Wildman–Crippen LogP) is 2.73. The lowest BCUT2D eigenvalue weighted by molar-refractivity contribution is -0.144. The van der Waals surface area contributed by atoms with Gasteiger partial charge >= 0.3 is 5.97 Å². The molecule has 0 aromatic heterocycles. The van der Waals surface area contributed by atoms with Crippen molar-refractivity contribution in [3.8, 4) is 0 Å². The molecule has 0 radical (unpaired) electrons. The first-order valence-corrected chi connectivity index (χ1v) is 9.81. The number of nitrogens with zero attached hydrogens (tertiary/aromatic N) is 1. The number of sulfonamides is 1. The van der Waals surface area contributed by atoms with Crippen molar-refractivity contribution in [3.63, 3.8) is 0 Å². The van der Waals surface area contributed by atoms with Crippen LogP contribution in [0.2, 0.25) is 0 Å². The molecule has 0 saturated carbocycles. The Bertz CT molecular complexity index is 950. The Hall–Kier alpha value is -2.67. The molecule has 0 heterocycles. The van der Waals surface area contributed by atoms with Crippen LogP contribution in [0, 0.1) is 6.92 Å². The van der Waals surface area contributed by atoms with E-state index in [2.05, 4.69) is 9.93 Å². The quantitative estimate of drug-likeness (QED) is 0.646. The molecule has 3 rings (SSSR count). The van der Waals surface area contributed by atoms with Crippen molar-refractivity contribution < 1.29 is 17.9 Å².